The molecule has 0 spiro atoms. The highest BCUT2D eigenvalue weighted by Crippen LogP contribution is 2.16. The molecule has 1 aromatic rings. The normalized spacial score (nSPS) is 10.3. The van der Waals surface area contributed by atoms with Crippen molar-refractivity contribution in [2.75, 3.05) is 0 Å². The number of nitrogens with zero attached hydrogens (tertiary/aromatic N) is 1. The number of hydrogen-bond donors (Lipinski definition) is 0. The molecule has 5 heteroatoms. The lowest BCUT2D eigenvalue weighted by molar-refractivity contribution is 0.108. The van der Waals surface area contributed by atoms with E-state index in [1.165, 1.54) is 6.07 Å². The zero-order valence-electron chi connectivity index (χ0n) is 5.80. The molecule has 0 atom stereocenters. The number of aromatic nitrogens is 1. The summed E-state index contributed by atoms with van der Waals surface area (Å²) in [5.41, 5.74) is -0.252. The molecule has 0 aliphatic carbocycles. The second kappa shape index (κ2) is 3.58. The van der Waals surface area contributed by atoms with Crippen molar-refractivity contribution < 1.29 is 13.6 Å². The van der Waals surface area contributed by atoms with Gasteiger partial charge in [-0.3, -0.25) is 9.78 Å². The van der Waals surface area contributed by atoms with Gasteiger partial charge in [0.1, 0.15) is 5.69 Å². The van der Waals surface area contributed by atoms with E-state index in [4.69, 9.17) is 11.6 Å². The number of hydrogen-bond acceptors (Lipinski definition) is 2. The van der Waals surface area contributed by atoms with Crippen molar-refractivity contribution in [3.63, 3.8) is 0 Å². The number of halogens is 3. The van der Waals surface area contributed by atoms with Crippen LogP contribution in [-0.2, 0) is 0 Å². The molecule has 0 aliphatic rings. The van der Waals surface area contributed by atoms with Crippen LogP contribution < -0.4 is 0 Å². The van der Waals surface area contributed by atoms with Crippen LogP contribution in [0, 0.1) is 0 Å². The monoisotopic (exact) mass is 191 g/mol. The van der Waals surface area contributed by atoms with Crippen molar-refractivity contribution in [2.24, 2.45) is 0 Å². The highest BCUT2D eigenvalue weighted by molar-refractivity contribution is 6.67. The van der Waals surface area contributed by atoms with E-state index < -0.39 is 11.7 Å². The van der Waals surface area contributed by atoms with Crippen molar-refractivity contribution in [1.82, 2.24) is 4.98 Å². The Morgan fingerprint density at radius 1 is 1.50 bits per heavy atom. The lowest BCUT2D eigenvalue weighted by atomic mass is 10.3. The summed E-state index contributed by atoms with van der Waals surface area (Å²) in [6.07, 6.45) is -1.60. The summed E-state index contributed by atoms with van der Waals surface area (Å²) in [6, 6.07) is 2.28. The van der Waals surface area contributed by atoms with Crippen molar-refractivity contribution in [2.45, 2.75) is 6.43 Å². The van der Waals surface area contributed by atoms with Gasteiger partial charge in [0.05, 0.1) is 5.56 Å². The third-order valence-electron chi connectivity index (χ3n) is 1.24. The fraction of sp³-hybridized carbons (Fsp3) is 0.143. The third kappa shape index (κ3) is 1.98. The summed E-state index contributed by atoms with van der Waals surface area (Å²) < 4.78 is 23.8. The fourth-order valence-electron chi connectivity index (χ4n) is 0.651. The molecule has 0 saturated carbocycles. The molecule has 1 heterocycles. The summed E-state index contributed by atoms with van der Waals surface area (Å²) in [6.45, 7) is 0. The number of carbonyl (C=O) groups excluding carboxylic acids is 1. The quantitative estimate of drug-likeness (QED) is 0.672. The summed E-state index contributed by atoms with van der Waals surface area (Å²) >= 11 is 5.07. The van der Waals surface area contributed by atoms with E-state index >= 15 is 0 Å². The molecule has 1 rings (SSSR count). The third-order valence-corrected chi connectivity index (χ3v) is 1.46. The Morgan fingerprint density at radius 2 is 2.17 bits per heavy atom. The maximum absolute atomic E-state index is 11.9. The molecule has 1 aromatic heterocycles. The maximum atomic E-state index is 11.9. The van der Waals surface area contributed by atoms with Gasteiger partial charge in [-0.05, 0) is 23.7 Å². The minimum Gasteiger partial charge on any atom is -0.276 e. The predicted octanol–water partition coefficient (Wildman–Crippen LogP) is 2.40. The van der Waals surface area contributed by atoms with Crippen LogP contribution in [0.3, 0.4) is 0 Å². The van der Waals surface area contributed by atoms with Gasteiger partial charge in [0.15, 0.2) is 0 Å². The fourth-order valence-corrected chi connectivity index (χ4v) is 0.762. The average Bonchev–Trinajstić information content (AvgIpc) is 2.04. The maximum Gasteiger partial charge on any atom is 0.280 e. The number of alkyl halides is 2. The second-order valence-corrected chi connectivity index (χ2v) is 2.39. The van der Waals surface area contributed by atoms with Gasteiger partial charge in [0.25, 0.3) is 11.7 Å². The zero-order chi connectivity index (χ0) is 9.14. The molecule has 0 aromatic carbocycles. The highest BCUT2D eigenvalue weighted by Gasteiger charge is 2.09. The topological polar surface area (TPSA) is 30.0 Å². The summed E-state index contributed by atoms with van der Waals surface area (Å²) in [5, 5.41) is -0.705. The first-order valence-electron chi connectivity index (χ1n) is 3.05. The second-order valence-electron chi connectivity index (χ2n) is 2.05. The van der Waals surface area contributed by atoms with E-state index in [2.05, 4.69) is 4.98 Å². The predicted molar refractivity (Wildman–Crippen MR) is 39.4 cm³/mol. The van der Waals surface area contributed by atoms with E-state index in [0.717, 1.165) is 12.3 Å². The van der Waals surface area contributed by atoms with Gasteiger partial charge in [-0.25, -0.2) is 8.78 Å². The molecule has 0 radical (unpaired) electrons. The van der Waals surface area contributed by atoms with Crippen molar-refractivity contribution in [3.8, 4) is 0 Å². The molecule has 0 amide bonds. The smallest absolute Gasteiger partial charge is 0.276 e. The molecule has 2 nitrogen and oxygen atoms in total. The minimum absolute atomic E-state index is 0.112. The van der Waals surface area contributed by atoms with Gasteiger partial charge in [-0.15, -0.1) is 0 Å². The lowest BCUT2D eigenvalue weighted by Crippen LogP contribution is -1.94. The molecule has 0 bridgehead atoms. The number of pyridine rings is 1. The molecule has 0 fully saturated rings. The Balaban J connectivity index is 2.93. The van der Waals surface area contributed by atoms with E-state index in [-0.39, 0.29) is 11.3 Å². The zero-order valence-corrected chi connectivity index (χ0v) is 6.55. The van der Waals surface area contributed by atoms with Crippen LogP contribution in [0.15, 0.2) is 18.3 Å². The summed E-state index contributed by atoms with van der Waals surface area (Å²) in [4.78, 5) is 13.8. The highest BCUT2D eigenvalue weighted by atomic mass is 35.5. The SMILES string of the molecule is O=C(Cl)c1ccc(C(F)F)nc1. The molecule has 0 saturated heterocycles. The van der Waals surface area contributed by atoms with Gasteiger partial charge in [0.2, 0.25) is 0 Å². The standard InChI is InChI=1S/C7H4ClF2NO/c8-6(12)4-1-2-5(7(9)10)11-3-4/h1-3,7H. The molecule has 0 N–H and O–H groups in total. The molecular weight excluding hydrogens is 188 g/mol. The van der Waals surface area contributed by atoms with Crippen LogP contribution in [0.1, 0.15) is 22.5 Å². The van der Waals surface area contributed by atoms with E-state index in [1.807, 2.05) is 0 Å². The van der Waals surface area contributed by atoms with Crippen LogP contribution in [0.25, 0.3) is 0 Å². The molecule has 0 aliphatic heterocycles. The van der Waals surface area contributed by atoms with Crippen LogP contribution in [0.4, 0.5) is 8.78 Å². The van der Waals surface area contributed by atoms with Gasteiger partial charge in [0, 0.05) is 6.20 Å². The summed E-state index contributed by atoms with van der Waals surface area (Å²) in [5.74, 6) is 0. The minimum atomic E-state index is -2.62. The van der Waals surface area contributed by atoms with Crippen molar-refractivity contribution in [1.29, 1.82) is 0 Å². The number of carbonyl (C=O) groups is 1. The summed E-state index contributed by atoms with van der Waals surface area (Å²) in [7, 11) is 0. The lowest BCUT2D eigenvalue weighted by Gasteiger charge is -1.97. The largest absolute Gasteiger partial charge is 0.280 e. The van der Waals surface area contributed by atoms with E-state index in [9.17, 15) is 13.6 Å². The van der Waals surface area contributed by atoms with Gasteiger partial charge < -0.3 is 0 Å². The molecular formula is C7H4ClF2NO. The van der Waals surface area contributed by atoms with Crippen LogP contribution in [0.5, 0.6) is 0 Å². The Kier molecular flexibility index (Phi) is 2.70. The molecule has 0 unspecified atom stereocenters. The molecule has 12 heavy (non-hydrogen) atoms. The first-order valence-corrected chi connectivity index (χ1v) is 3.43. The van der Waals surface area contributed by atoms with Gasteiger partial charge in [-0.2, -0.15) is 0 Å². The van der Waals surface area contributed by atoms with E-state index in [1.54, 1.807) is 0 Å². The van der Waals surface area contributed by atoms with E-state index in [0.29, 0.717) is 0 Å². The van der Waals surface area contributed by atoms with Crippen LogP contribution in [0.2, 0.25) is 0 Å². The molecule has 64 valence electrons. The van der Waals surface area contributed by atoms with Crippen LogP contribution >= 0.6 is 11.6 Å². The number of rotatable bonds is 2. The van der Waals surface area contributed by atoms with Crippen molar-refractivity contribution >= 4 is 16.8 Å². The Bertz CT molecular complexity index is 286. The Morgan fingerprint density at radius 3 is 2.50 bits per heavy atom. The average molecular weight is 192 g/mol. The Hall–Kier alpha value is -1.03. The van der Waals surface area contributed by atoms with Crippen LogP contribution in [-0.4, -0.2) is 10.2 Å². The first kappa shape index (κ1) is 9.06. The Labute approximate surface area is 72.2 Å². The van der Waals surface area contributed by atoms with Gasteiger partial charge >= 0.3 is 0 Å². The first-order chi connectivity index (χ1) is 5.61. The van der Waals surface area contributed by atoms with Gasteiger partial charge in [-0.1, -0.05) is 0 Å². The van der Waals surface area contributed by atoms with Crippen molar-refractivity contribution in [3.05, 3.63) is 29.6 Å².